The third-order valence-electron chi connectivity index (χ3n) is 2.37. The van der Waals surface area contributed by atoms with Crippen molar-refractivity contribution in [3.63, 3.8) is 0 Å². The van der Waals surface area contributed by atoms with Crippen LogP contribution in [-0.4, -0.2) is 19.3 Å². The number of hydrogen-bond donors (Lipinski definition) is 1. The lowest BCUT2D eigenvalue weighted by Gasteiger charge is -2.37. The zero-order valence-corrected chi connectivity index (χ0v) is 8.12. The van der Waals surface area contributed by atoms with Gasteiger partial charge in [-0.25, -0.2) is 0 Å². The SMILES string of the molecule is CC1(C)CCCOC1CN.Cl. The van der Waals surface area contributed by atoms with Gasteiger partial charge in [-0.05, 0) is 18.3 Å². The highest BCUT2D eigenvalue weighted by molar-refractivity contribution is 5.85. The van der Waals surface area contributed by atoms with Gasteiger partial charge in [0.1, 0.15) is 0 Å². The average molecular weight is 180 g/mol. The van der Waals surface area contributed by atoms with E-state index in [0.717, 1.165) is 6.61 Å². The van der Waals surface area contributed by atoms with E-state index in [-0.39, 0.29) is 18.5 Å². The molecule has 0 bridgehead atoms. The Morgan fingerprint density at radius 2 is 2.18 bits per heavy atom. The second-order valence-electron chi connectivity index (χ2n) is 3.69. The van der Waals surface area contributed by atoms with Crippen LogP contribution in [-0.2, 0) is 4.74 Å². The molecule has 0 spiro atoms. The van der Waals surface area contributed by atoms with Gasteiger partial charge in [-0.15, -0.1) is 12.4 Å². The molecule has 0 aromatic heterocycles. The summed E-state index contributed by atoms with van der Waals surface area (Å²) in [6.45, 7) is 6.01. The Balaban J connectivity index is 0.000001000. The summed E-state index contributed by atoms with van der Waals surface area (Å²) in [5, 5.41) is 0. The highest BCUT2D eigenvalue weighted by Crippen LogP contribution is 2.32. The molecule has 1 unspecified atom stereocenters. The Morgan fingerprint density at radius 3 is 2.55 bits per heavy atom. The van der Waals surface area contributed by atoms with E-state index in [1.54, 1.807) is 0 Å². The third kappa shape index (κ3) is 2.62. The third-order valence-corrected chi connectivity index (χ3v) is 2.37. The molecular formula is C8H18ClNO. The predicted octanol–water partition coefficient (Wildman–Crippen LogP) is 1.57. The molecule has 1 saturated heterocycles. The van der Waals surface area contributed by atoms with Gasteiger partial charge in [0, 0.05) is 13.2 Å². The van der Waals surface area contributed by atoms with Gasteiger partial charge in [-0.2, -0.15) is 0 Å². The first-order valence-corrected chi connectivity index (χ1v) is 3.98. The van der Waals surface area contributed by atoms with Crippen LogP contribution in [0.25, 0.3) is 0 Å². The summed E-state index contributed by atoms with van der Waals surface area (Å²) >= 11 is 0. The minimum absolute atomic E-state index is 0. The first-order valence-electron chi connectivity index (χ1n) is 3.98. The van der Waals surface area contributed by atoms with Gasteiger partial charge >= 0.3 is 0 Å². The predicted molar refractivity (Wildman–Crippen MR) is 49.1 cm³/mol. The molecule has 0 amide bonds. The summed E-state index contributed by atoms with van der Waals surface area (Å²) in [7, 11) is 0. The van der Waals surface area contributed by atoms with Crippen molar-refractivity contribution in [3.05, 3.63) is 0 Å². The largest absolute Gasteiger partial charge is 0.376 e. The monoisotopic (exact) mass is 179 g/mol. The fourth-order valence-corrected chi connectivity index (χ4v) is 1.53. The van der Waals surface area contributed by atoms with Crippen LogP contribution >= 0.6 is 12.4 Å². The zero-order valence-electron chi connectivity index (χ0n) is 7.30. The van der Waals surface area contributed by atoms with E-state index < -0.39 is 0 Å². The van der Waals surface area contributed by atoms with Gasteiger partial charge in [-0.3, -0.25) is 0 Å². The van der Waals surface area contributed by atoms with E-state index >= 15 is 0 Å². The van der Waals surface area contributed by atoms with Crippen molar-refractivity contribution >= 4 is 12.4 Å². The summed E-state index contributed by atoms with van der Waals surface area (Å²) in [5.74, 6) is 0. The topological polar surface area (TPSA) is 35.2 Å². The van der Waals surface area contributed by atoms with Gasteiger partial charge in [-0.1, -0.05) is 13.8 Å². The molecule has 1 fully saturated rings. The van der Waals surface area contributed by atoms with E-state index in [0.29, 0.717) is 12.0 Å². The fraction of sp³-hybridized carbons (Fsp3) is 1.00. The van der Waals surface area contributed by atoms with Gasteiger partial charge in [0.15, 0.2) is 0 Å². The first kappa shape index (κ1) is 11.2. The summed E-state index contributed by atoms with van der Waals surface area (Å²) in [6.07, 6.45) is 2.71. The van der Waals surface area contributed by atoms with Crippen molar-refractivity contribution < 1.29 is 4.74 Å². The van der Waals surface area contributed by atoms with Crippen molar-refractivity contribution in [1.29, 1.82) is 0 Å². The van der Waals surface area contributed by atoms with Crippen molar-refractivity contribution in [2.75, 3.05) is 13.2 Å². The van der Waals surface area contributed by atoms with E-state index in [1.165, 1.54) is 12.8 Å². The lowest BCUT2D eigenvalue weighted by Crippen LogP contribution is -2.41. The molecular weight excluding hydrogens is 162 g/mol. The van der Waals surface area contributed by atoms with Crippen LogP contribution in [0.15, 0.2) is 0 Å². The van der Waals surface area contributed by atoms with Crippen LogP contribution < -0.4 is 5.73 Å². The summed E-state index contributed by atoms with van der Waals surface area (Å²) in [6, 6.07) is 0. The molecule has 0 aliphatic carbocycles. The van der Waals surface area contributed by atoms with Crippen molar-refractivity contribution in [2.45, 2.75) is 32.8 Å². The summed E-state index contributed by atoms with van der Waals surface area (Å²) < 4.78 is 5.52. The van der Waals surface area contributed by atoms with E-state index in [1.807, 2.05) is 0 Å². The molecule has 3 heteroatoms. The molecule has 0 saturated carbocycles. The maximum absolute atomic E-state index is 5.55. The number of nitrogens with two attached hydrogens (primary N) is 1. The maximum atomic E-state index is 5.55. The van der Waals surface area contributed by atoms with Gasteiger partial charge in [0.2, 0.25) is 0 Å². The molecule has 1 aliphatic rings. The molecule has 0 radical (unpaired) electrons. The molecule has 2 nitrogen and oxygen atoms in total. The quantitative estimate of drug-likeness (QED) is 0.664. The molecule has 1 aliphatic heterocycles. The zero-order chi connectivity index (χ0) is 7.61. The van der Waals surface area contributed by atoms with Crippen molar-refractivity contribution in [3.8, 4) is 0 Å². The second kappa shape index (κ2) is 4.29. The molecule has 1 rings (SSSR count). The molecule has 2 N–H and O–H groups in total. The lowest BCUT2D eigenvalue weighted by atomic mass is 9.80. The Hall–Kier alpha value is 0.210. The lowest BCUT2D eigenvalue weighted by molar-refractivity contribution is -0.0611. The molecule has 1 heterocycles. The van der Waals surface area contributed by atoms with E-state index in [9.17, 15) is 0 Å². The number of ether oxygens (including phenoxy) is 1. The maximum Gasteiger partial charge on any atom is 0.0748 e. The average Bonchev–Trinajstić information content (AvgIpc) is 1.87. The Kier molecular flexibility index (Phi) is 4.37. The Bertz CT molecular complexity index is 117. The van der Waals surface area contributed by atoms with Crippen LogP contribution in [0, 0.1) is 5.41 Å². The van der Waals surface area contributed by atoms with Crippen LogP contribution in [0.2, 0.25) is 0 Å². The van der Waals surface area contributed by atoms with Gasteiger partial charge < -0.3 is 10.5 Å². The van der Waals surface area contributed by atoms with Crippen LogP contribution in [0.5, 0.6) is 0 Å². The number of rotatable bonds is 1. The van der Waals surface area contributed by atoms with Crippen molar-refractivity contribution in [2.24, 2.45) is 11.1 Å². The van der Waals surface area contributed by atoms with Gasteiger partial charge in [0.25, 0.3) is 0 Å². The first-order chi connectivity index (χ1) is 4.67. The van der Waals surface area contributed by atoms with E-state index in [2.05, 4.69) is 13.8 Å². The van der Waals surface area contributed by atoms with Crippen molar-refractivity contribution in [1.82, 2.24) is 0 Å². The second-order valence-corrected chi connectivity index (χ2v) is 3.69. The molecule has 0 aromatic rings. The standard InChI is InChI=1S/C8H17NO.ClH/c1-8(2)4-3-5-10-7(8)6-9;/h7H,3-6,9H2,1-2H3;1H. The summed E-state index contributed by atoms with van der Waals surface area (Å²) in [5.41, 5.74) is 5.85. The number of hydrogen-bond acceptors (Lipinski definition) is 2. The molecule has 68 valence electrons. The number of halogens is 1. The van der Waals surface area contributed by atoms with Gasteiger partial charge in [0.05, 0.1) is 6.10 Å². The van der Waals surface area contributed by atoms with Crippen LogP contribution in [0.4, 0.5) is 0 Å². The molecule has 0 aromatic carbocycles. The fourth-order valence-electron chi connectivity index (χ4n) is 1.53. The van der Waals surface area contributed by atoms with Crippen LogP contribution in [0.1, 0.15) is 26.7 Å². The Labute approximate surface area is 74.9 Å². The highest BCUT2D eigenvalue weighted by atomic mass is 35.5. The minimum Gasteiger partial charge on any atom is -0.376 e. The summed E-state index contributed by atoms with van der Waals surface area (Å²) in [4.78, 5) is 0. The highest BCUT2D eigenvalue weighted by Gasteiger charge is 2.31. The molecule has 11 heavy (non-hydrogen) atoms. The smallest absolute Gasteiger partial charge is 0.0748 e. The van der Waals surface area contributed by atoms with Crippen LogP contribution in [0.3, 0.4) is 0 Å². The Morgan fingerprint density at radius 1 is 1.55 bits per heavy atom. The minimum atomic E-state index is 0. The normalized spacial score (nSPS) is 29.2. The van der Waals surface area contributed by atoms with E-state index in [4.69, 9.17) is 10.5 Å². The molecule has 1 atom stereocenters.